The third-order valence-corrected chi connectivity index (χ3v) is 4.44. The Kier molecular flexibility index (Phi) is 5.78. The second kappa shape index (κ2) is 7.45. The average molecular weight is 405 g/mol. The van der Waals surface area contributed by atoms with Crippen molar-refractivity contribution in [1.82, 2.24) is 5.32 Å². The summed E-state index contributed by atoms with van der Waals surface area (Å²) in [5.41, 5.74) is 3.73. The minimum Gasteiger partial charge on any atom is -0.332 e. The van der Waals surface area contributed by atoms with Crippen molar-refractivity contribution in [2.24, 2.45) is 0 Å². The summed E-state index contributed by atoms with van der Waals surface area (Å²) >= 11 is 8.76. The highest BCUT2D eigenvalue weighted by atomic mass is 79.9. The molecule has 0 fully saturated rings. The van der Waals surface area contributed by atoms with Gasteiger partial charge in [-0.05, 0) is 54.4 Å². The predicted octanol–water partition coefficient (Wildman–Crippen LogP) is 5.18. The third kappa shape index (κ3) is 4.89. The summed E-state index contributed by atoms with van der Waals surface area (Å²) in [7, 11) is 0. The van der Waals surface area contributed by atoms with E-state index in [0.29, 0.717) is 5.56 Å². The van der Waals surface area contributed by atoms with Crippen LogP contribution in [0, 0.1) is 6.92 Å². The SMILES string of the molecule is Cc1ccc(NC(=S)NC(=O)c2ccc(C(C)(C)C)c(Br)c2)cc1. The van der Waals surface area contributed by atoms with Crippen LogP contribution in [-0.4, -0.2) is 11.0 Å². The number of hydrogen-bond acceptors (Lipinski definition) is 2. The Morgan fingerprint density at radius 3 is 2.25 bits per heavy atom. The van der Waals surface area contributed by atoms with Gasteiger partial charge in [0, 0.05) is 15.7 Å². The van der Waals surface area contributed by atoms with Gasteiger partial charge >= 0.3 is 0 Å². The Bertz CT molecular complexity index is 764. The van der Waals surface area contributed by atoms with Crippen molar-refractivity contribution in [3.05, 3.63) is 63.6 Å². The summed E-state index contributed by atoms with van der Waals surface area (Å²) in [6.45, 7) is 8.41. The lowest BCUT2D eigenvalue weighted by atomic mass is 9.86. The number of carbonyl (C=O) groups is 1. The van der Waals surface area contributed by atoms with Crippen LogP contribution in [0.5, 0.6) is 0 Å². The van der Waals surface area contributed by atoms with Crippen LogP contribution in [0.25, 0.3) is 0 Å². The fraction of sp³-hybridized carbons (Fsp3) is 0.263. The lowest BCUT2D eigenvalue weighted by Gasteiger charge is -2.21. The summed E-state index contributed by atoms with van der Waals surface area (Å²) in [4.78, 5) is 12.4. The van der Waals surface area contributed by atoms with E-state index in [0.717, 1.165) is 15.7 Å². The highest BCUT2D eigenvalue weighted by molar-refractivity contribution is 9.10. The van der Waals surface area contributed by atoms with E-state index in [4.69, 9.17) is 12.2 Å². The molecule has 2 aromatic carbocycles. The number of amides is 1. The maximum atomic E-state index is 12.4. The van der Waals surface area contributed by atoms with Crippen molar-refractivity contribution in [1.29, 1.82) is 0 Å². The van der Waals surface area contributed by atoms with Crippen molar-refractivity contribution in [2.45, 2.75) is 33.1 Å². The quantitative estimate of drug-likeness (QED) is 0.677. The van der Waals surface area contributed by atoms with Gasteiger partial charge < -0.3 is 5.32 Å². The normalized spacial score (nSPS) is 11.0. The standard InChI is InChI=1S/C19H21BrN2OS/c1-12-5-8-14(9-6-12)21-18(24)22-17(23)13-7-10-15(16(20)11-13)19(2,3)4/h5-11H,1-4H3,(H2,21,22,23,24). The minimum atomic E-state index is -0.235. The number of hydrogen-bond donors (Lipinski definition) is 2. The molecule has 0 aromatic heterocycles. The Hall–Kier alpha value is -1.72. The van der Waals surface area contributed by atoms with Crippen molar-refractivity contribution < 1.29 is 4.79 Å². The number of halogens is 1. The molecule has 0 unspecified atom stereocenters. The molecular formula is C19H21BrN2OS. The first-order chi connectivity index (χ1) is 11.2. The van der Waals surface area contributed by atoms with E-state index in [1.165, 1.54) is 5.56 Å². The molecule has 24 heavy (non-hydrogen) atoms. The maximum Gasteiger partial charge on any atom is 0.257 e. The number of aryl methyl sites for hydroxylation is 1. The number of carbonyl (C=O) groups excluding carboxylic acids is 1. The molecule has 126 valence electrons. The molecule has 0 atom stereocenters. The largest absolute Gasteiger partial charge is 0.332 e. The molecule has 0 bridgehead atoms. The van der Waals surface area contributed by atoms with Gasteiger partial charge in [0.25, 0.3) is 5.91 Å². The lowest BCUT2D eigenvalue weighted by Crippen LogP contribution is -2.34. The highest BCUT2D eigenvalue weighted by Gasteiger charge is 2.18. The summed E-state index contributed by atoms with van der Waals surface area (Å²) in [6, 6.07) is 13.4. The highest BCUT2D eigenvalue weighted by Crippen LogP contribution is 2.30. The minimum absolute atomic E-state index is 0.0101. The molecular weight excluding hydrogens is 384 g/mol. The van der Waals surface area contributed by atoms with Crippen molar-refractivity contribution in [3.63, 3.8) is 0 Å². The number of benzene rings is 2. The monoisotopic (exact) mass is 404 g/mol. The van der Waals surface area contributed by atoms with E-state index in [9.17, 15) is 4.79 Å². The van der Waals surface area contributed by atoms with Crippen LogP contribution in [0.3, 0.4) is 0 Å². The molecule has 0 aliphatic heterocycles. The van der Waals surface area contributed by atoms with Crippen molar-refractivity contribution in [2.75, 3.05) is 5.32 Å². The Morgan fingerprint density at radius 2 is 1.71 bits per heavy atom. The smallest absolute Gasteiger partial charge is 0.257 e. The van der Waals surface area contributed by atoms with Gasteiger partial charge in [0.2, 0.25) is 0 Å². The molecule has 5 heteroatoms. The van der Waals surface area contributed by atoms with E-state index >= 15 is 0 Å². The molecule has 2 N–H and O–H groups in total. The van der Waals surface area contributed by atoms with Crippen LogP contribution in [0.1, 0.15) is 42.3 Å². The predicted molar refractivity (Wildman–Crippen MR) is 108 cm³/mol. The fourth-order valence-electron chi connectivity index (χ4n) is 2.24. The van der Waals surface area contributed by atoms with Gasteiger partial charge in [-0.3, -0.25) is 10.1 Å². The second-order valence-electron chi connectivity index (χ2n) is 6.72. The fourth-order valence-corrected chi connectivity index (χ4v) is 3.42. The van der Waals surface area contributed by atoms with E-state index in [1.54, 1.807) is 0 Å². The van der Waals surface area contributed by atoms with Gasteiger partial charge in [-0.2, -0.15) is 0 Å². The zero-order valence-electron chi connectivity index (χ0n) is 14.2. The summed E-state index contributed by atoms with van der Waals surface area (Å²) in [6.07, 6.45) is 0. The van der Waals surface area contributed by atoms with Crippen molar-refractivity contribution >= 4 is 44.9 Å². The zero-order chi connectivity index (χ0) is 17.9. The first-order valence-corrected chi connectivity index (χ1v) is 8.86. The first kappa shape index (κ1) is 18.6. The molecule has 0 saturated carbocycles. The zero-order valence-corrected chi connectivity index (χ0v) is 16.6. The van der Waals surface area contributed by atoms with Crippen LogP contribution >= 0.6 is 28.1 Å². The topological polar surface area (TPSA) is 41.1 Å². The number of rotatable bonds is 2. The van der Waals surface area contributed by atoms with Gasteiger partial charge in [-0.25, -0.2) is 0 Å². The van der Waals surface area contributed by atoms with E-state index in [-0.39, 0.29) is 16.4 Å². The maximum absolute atomic E-state index is 12.4. The van der Waals surface area contributed by atoms with E-state index < -0.39 is 0 Å². The van der Waals surface area contributed by atoms with Gasteiger partial charge in [0.15, 0.2) is 5.11 Å². The molecule has 0 saturated heterocycles. The van der Waals surface area contributed by atoms with Gasteiger partial charge in [0.1, 0.15) is 0 Å². The van der Waals surface area contributed by atoms with Crippen molar-refractivity contribution in [3.8, 4) is 0 Å². The first-order valence-electron chi connectivity index (χ1n) is 7.66. The van der Waals surface area contributed by atoms with Crippen LogP contribution in [0.15, 0.2) is 46.9 Å². The van der Waals surface area contributed by atoms with E-state index in [2.05, 4.69) is 47.3 Å². The third-order valence-electron chi connectivity index (χ3n) is 3.58. The Morgan fingerprint density at radius 1 is 1.08 bits per heavy atom. The molecule has 0 heterocycles. The summed E-state index contributed by atoms with van der Waals surface area (Å²) in [5, 5.41) is 5.99. The number of nitrogens with one attached hydrogen (secondary N) is 2. The Balaban J connectivity index is 2.05. The molecule has 2 rings (SSSR count). The summed E-state index contributed by atoms with van der Waals surface area (Å²) < 4.78 is 0.917. The number of anilines is 1. The Labute approximate surface area is 157 Å². The molecule has 1 amide bonds. The number of thiocarbonyl (C=S) groups is 1. The van der Waals surface area contributed by atoms with Crippen LogP contribution in [0.2, 0.25) is 0 Å². The van der Waals surface area contributed by atoms with Gasteiger partial charge in [0.05, 0.1) is 0 Å². The molecule has 0 spiro atoms. The molecule has 0 aliphatic carbocycles. The average Bonchev–Trinajstić information content (AvgIpc) is 2.48. The van der Waals surface area contributed by atoms with Crippen LogP contribution in [-0.2, 0) is 5.41 Å². The van der Waals surface area contributed by atoms with Gasteiger partial charge in [-0.15, -0.1) is 0 Å². The molecule has 0 radical (unpaired) electrons. The van der Waals surface area contributed by atoms with E-state index in [1.807, 2.05) is 49.4 Å². The van der Waals surface area contributed by atoms with Crippen LogP contribution in [0.4, 0.5) is 5.69 Å². The molecule has 0 aliphatic rings. The molecule has 3 nitrogen and oxygen atoms in total. The lowest BCUT2D eigenvalue weighted by molar-refractivity contribution is 0.0977. The summed E-state index contributed by atoms with van der Waals surface area (Å²) in [5.74, 6) is -0.235. The second-order valence-corrected chi connectivity index (χ2v) is 7.98. The molecule has 2 aromatic rings. The van der Waals surface area contributed by atoms with Crippen LogP contribution < -0.4 is 10.6 Å². The van der Waals surface area contributed by atoms with Gasteiger partial charge in [-0.1, -0.05) is 60.5 Å².